The van der Waals surface area contributed by atoms with E-state index in [1.807, 2.05) is 0 Å². The molecule has 0 radical (unpaired) electrons. The summed E-state index contributed by atoms with van der Waals surface area (Å²) in [4.78, 5) is 25.1. The van der Waals surface area contributed by atoms with Crippen molar-refractivity contribution in [3.05, 3.63) is 42.2 Å². The highest BCUT2D eigenvalue weighted by Gasteiger charge is 2.46. The highest BCUT2D eigenvalue weighted by Crippen LogP contribution is 2.48. The highest BCUT2D eigenvalue weighted by atomic mass is 19.1. The van der Waals surface area contributed by atoms with Gasteiger partial charge in [-0.15, -0.1) is 0 Å². The van der Waals surface area contributed by atoms with Crippen LogP contribution in [0, 0.1) is 5.82 Å². The predicted molar refractivity (Wildman–Crippen MR) is 86.9 cm³/mol. The van der Waals surface area contributed by atoms with E-state index in [4.69, 9.17) is 4.74 Å². The van der Waals surface area contributed by atoms with Gasteiger partial charge in [-0.25, -0.2) is 4.39 Å². The van der Waals surface area contributed by atoms with Gasteiger partial charge in [0.05, 0.1) is 12.6 Å². The molecule has 2 amide bonds. The number of benzene rings is 1. The lowest BCUT2D eigenvalue weighted by molar-refractivity contribution is -0.132. The summed E-state index contributed by atoms with van der Waals surface area (Å²) in [5.74, 6) is -0.341. The molecule has 6 heteroatoms. The van der Waals surface area contributed by atoms with Crippen molar-refractivity contribution in [2.24, 2.45) is 0 Å². The Labute approximate surface area is 140 Å². The molecular formula is C18H21FN2O3. The Morgan fingerprint density at radius 2 is 2.25 bits per heavy atom. The van der Waals surface area contributed by atoms with Crippen LogP contribution in [0.2, 0.25) is 0 Å². The minimum absolute atomic E-state index is 0.0696. The van der Waals surface area contributed by atoms with Gasteiger partial charge in [0.1, 0.15) is 17.2 Å². The van der Waals surface area contributed by atoms with Crippen molar-refractivity contribution in [3.63, 3.8) is 0 Å². The first-order valence-corrected chi connectivity index (χ1v) is 8.08. The summed E-state index contributed by atoms with van der Waals surface area (Å²) in [7, 11) is 1.54. The van der Waals surface area contributed by atoms with Gasteiger partial charge in [-0.05, 0) is 43.5 Å². The fourth-order valence-corrected chi connectivity index (χ4v) is 3.34. The van der Waals surface area contributed by atoms with Gasteiger partial charge in [-0.2, -0.15) is 0 Å². The average molecular weight is 332 g/mol. The minimum atomic E-state index is -0.361. The fourth-order valence-electron chi connectivity index (χ4n) is 3.34. The molecule has 3 rings (SSSR count). The van der Waals surface area contributed by atoms with E-state index in [0.29, 0.717) is 17.7 Å². The van der Waals surface area contributed by atoms with Crippen LogP contribution in [0.3, 0.4) is 0 Å². The Morgan fingerprint density at radius 1 is 1.50 bits per heavy atom. The van der Waals surface area contributed by atoms with E-state index >= 15 is 0 Å². The maximum Gasteiger partial charge on any atom is 0.246 e. The average Bonchev–Trinajstić information content (AvgIpc) is 2.52. The van der Waals surface area contributed by atoms with Crippen LogP contribution in [-0.4, -0.2) is 35.9 Å². The zero-order valence-corrected chi connectivity index (χ0v) is 13.7. The normalized spacial score (nSPS) is 20.3. The smallest absolute Gasteiger partial charge is 0.246 e. The van der Waals surface area contributed by atoms with Crippen LogP contribution in [0.5, 0.6) is 5.75 Å². The molecule has 0 aromatic heterocycles. The summed E-state index contributed by atoms with van der Waals surface area (Å²) in [5, 5.41) is 2.92. The summed E-state index contributed by atoms with van der Waals surface area (Å²) in [6.45, 7) is 3.33. The van der Waals surface area contributed by atoms with Crippen molar-refractivity contribution < 1.29 is 18.7 Å². The van der Waals surface area contributed by atoms with Crippen LogP contribution in [0.25, 0.3) is 0 Å². The molecular weight excluding hydrogens is 311 g/mol. The molecule has 1 aromatic rings. The third-order valence-electron chi connectivity index (χ3n) is 4.78. The van der Waals surface area contributed by atoms with Gasteiger partial charge >= 0.3 is 0 Å². The van der Waals surface area contributed by atoms with Crippen LogP contribution >= 0.6 is 0 Å². The maximum absolute atomic E-state index is 13.6. The van der Waals surface area contributed by atoms with E-state index in [0.717, 1.165) is 25.3 Å². The van der Waals surface area contributed by atoms with E-state index < -0.39 is 0 Å². The zero-order valence-electron chi connectivity index (χ0n) is 13.7. The second-order valence-corrected chi connectivity index (χ2v) is 6.54. The van der Waals surface area contributed by atoms with Crippen molar-refractivity contribution in [2.75, 3.05) is 13.6 Å². The number of hydrogen-bond acceptors (Lipinski definition) is 3. The summed E-state index contributed by atoms with van der Waals surface area (Å²) in [6.07, 6.45) is 4.74. The van der Waals surface area contributed by atoms with E-state index in [2.05, 4.69) is 11.9 Å². The minimum Gasteiger partial charge on any atom is -0.487 e. The molecule has 1 fully saturated rings. The number of ether oxygens (including phenoxy) is 1. The lowest BCUT2D eigenvalue weighted by Crippen LogP contribution is -2.50. The summed E-state index contributed by atoms with van der Waals surface area (Å²) >= 11 is 0. The number of carbonyl (C=O) groups is 2. The number of halogens is 1. The number of nitrogens with zero attached hydrogens (tertiary/aromatic N) is 1. The van der Waals surface area contributed by atoms with E-state index in [-0.39, 0.29) is 35.8 Å². The molecule has 128 valence electrons. The molecule has 24 heavy (non-hydrogen) atoms. The van der Waals surface area contributed by atoms with Gasteiger partial charge in [-0.3, -0.25) is 9.59 Å². The number of nitrogens with one attached hydrogen (secondary N) is 1. The molecule has 0 saturated heterocycles. The van der Waals surface area contributed by atoms with E-state index in [1.54, 1.807) is 6.07 Å². The van der Waals surface area contributed by atoms with Gasteiger partial charge in [0.2, 0.25) is 11.8 Å². The van der Waals surface area contributed by atoms with Crippen molar-refractivity contribution >= 4 is 11.8 Å². The van der Waals surface area contributed by atoms with Crippen LogP contribution < -0.4 is 10.1 Å². The number of rotatable bonds is 4. The first-order chi connectivity index (χ1) is 11.4. The summed E-state index contributed by atoms with van der Waals surface area (Å²) < 4.78 is 19.7. The first-order valence-electron chi connectivity index (χ1n) is 8.08. The molecule has 1 atom stereocenters. The van der Waals surface area contributed by atoms with Gasteiger partial charge in [0, 0.05) is 19.0 Å². The molecule has 1 heterocycles. The number of hydrogen-bond donors (Lipinski definition) is 1. The second kappa shape index (κ2) is 6.26. The van der Waals surface area contributed by atoms with Crippen molar-refractivity contribution in [1.82, 2.24) is 10.2 Å². The van der Waals surface area contributed by atoms with Crippen molar-refractivity contribution in [1.29, 1.82) is 0 Å². The third-order valence-corrected chi connectivity index (χ3v) is 4.78. The van der Waals surface area contributed by atoms with Gasteiger partial charge < -0.3 is 15.0 Å². The van der Waals surface area contributed by atoms with Crippen molar-refractivity contribution in [3.8, 4) is 5.75 Å². The highest BCUT2D eigenvalue weighted by molar-refractivity contribution is 5.90. The van der Waals surface area contributed by atoms with Crippen LogP contribution in [0.1, 0.15) is 37.3 Å². The Morgan fingerprint density at radius 3 is 2.88 bits per heavy atom. The SMILES string of the molecule is C=CC(=O)N(C)CC(=O)N[C@@H]1CC2(CCC2)Oc2ccc(F)cc21. The third kappa shape index (κ3) is 3.13. The largest absolute Gasteiger partial charge is 0.487 e. The quantitative estimate of drug-likeness (QED) is 0.861. The number of likely N-dealkylation sites (N-methyl/N-ethyl adjacent to an activating group) is 1. The van der Waals surface area contributed by atoms with Crippen LogP contribution in [0.15, 0.2) is 30.9 Å². The molecule has 1 aromatic carbocycles. The van der Waals surface area contributed by atoms with Crippen molar-refractivity contribution in [2.45, 2.75) is 37.3 Å². The van der Waals surface area contributed by atoms with Gasteiger partial charge in [0.15, 0.2) is 0 Å². The summed E-state index contributed by atoms with van der Waals surface area (Å²) in [6, 6.07) is 4.08. The fraction of sp³-hybridized carbons (Fsp3) is 0.444. The Hall–Kier alpha value is -2.37. The lowest BCUT2D eigenvalue weighted by Gasteiger charge is -2.48. The zero-order chi connectivity index (χ0) is 17.3. The molecule has 0 unspecified atom stereocenters. The maximum atomic E-state index is 13.6. The molecule has 1 N–H and O–H groups in total. The van der Waals surface area contributed by atoms with E-state index in [9.17, 15) is 14.0 Å². The second-order valence-electron chi connectivity index (χ2n) is 6.54. The molecule has 1 spiro atoms. The van der Waals surface area contributed by atoms with Gasteiger partial charge in [-0.1, -0.05) is 6.58 Å². The molecule has 1 aliphatic carbocycles. The summed E-state index contributed by atoms with van der Waals surface area (Å²) in [5.41, 5.74) is 0.393. The van der Waals surface area contributed by atoms with Gasteiger partial charge in [0.25, 0.3) is 0 Å². The number of carbonyl (C=O) groups excluding carboxylic acids is 2. The standard InChI is InChI=1S/C18H21FN2O3/c1-3-17(23)21(2)11-16(22)20-14-10-18(7-4-8-18)24-15-6-5-12(19)9-13(14)15/h3,5-6,9,14H,1,4,7-8,10-11H2,2H3,(H,20,22)/t14-/m1/s1. The van der Waals surface area contributed by atoms with Crippen LogP contribution in [0.4, 0.5) is 4.39 Å². The number of fused-ring (bicyclic) bond motifs is 1. The molecule has 0 bridgehead atoms. The number of amides is 2. The lowest BCUT2D eigenvalue weighted by atomic mass is 9.73. The first kappa shape index (κ1) is 16.5. The molecule has 5 nitrogen and oxygen atoms in total. The molecule has 1 aliphatic heterocycles. The Bertz CT molecular complexity index is 685. The monoisotopic (exact) mass is 332 g/mol. The molecule has 2 aliphatic rings. The molecule has 1 saturated carbocycles. The predicted octanol–water partition coefficient (Wildman–Crippen LogP) is 2.33. The topological polar surface area (TPSA) is 58.6 Å². The Kier molecular flexibility index (Phi) is 4.30. The van der Waals surface area contributed by atoms with Crippen LogP contribution in [-0.2, 0) is 9.59 Å². The van der Waals surface area contributed by atoms with E-state index in [1.165, 1.54) is 24.1 Å². The Balaban J connectivity index is 1.76.